The standard InChI is InChI=1S/C23H20Cl2N6O2S6/c1-34-20-28-22(38-30-20)36-10-18(32)26-16-5-3-12(8-14(16)24)7-13-4-6-17(15(25)9-13)27-19(33)11-37-23-29-21(35-2)31-39-23/h3-6,8-9H,7,10-11H2,1-2H3,(H,26,32)(H,27,33). The third kappa shape index (κ3) is 9.25. The van der Waals surface area contributed by atoms with Gasteiger partial charge < -0.3 is 10.6 Å². The number of aromatic nitrogens is 4. The monoisotopic (exact) mass is 674 g/mol. The van der Waals surface area contributed by atoms with Crippen LogP contribution in [0.3, 0.4) is 0 Å². The van der Waals surface area contributed by atoms with E-state index in [4.69, 9.17) is 23.2 Å². The van der Waals surface area contributed by atoms with Crippen molar-refractivity contribution in [2.75, 3.05) is 34.7 Å². The van der Waals surface area contributed by atoms with Crippen LogP contribution in [0.15, 0.2) is 55.4 Å². The predicted molar refractivity (Wildman–Crippen MR) is 168 cm³/mol. The maximum absolute atomic E-state index is 12.4. The zero-order valence-corrected chi connectivity index (χ0v) is 26.8. The molecule has 2 heterocycles. The zero-order valence-electron chi connectivity index (χ0n) is 20.4. The Kier molecular flexibility index (Phi) is 11.6. The van der Waals surface area contributed by atoms with E-state index in [9.17, 15) is 9.59 Å². The summed E-state index contributed by atoms with van der Waals surface area (Å²) >= 11 is 21.0. The quantitative estimate of drug-likeness (QED) is 0.150. The Balaban J connectivity index is 1.28. The molecule has 4 aromatic rings. The molecule has 2 amide bonds. The molecule has 8 nitrogen and oxygen atoms in total. The summed E-state index contributed by atoms with van der Waals surface area (Å²) in [5.41, 5.74) is 2.99. The lowest BCUT2D eigenvalue weighted by Crippen LogP contribution is -2.14. The Labute approximate surface area is 260 Å². The SMILES string of the molecule is CSc1nsc(SCC(=O)Nc2ccc(Cc3ccc(NC(=O)CSc4nc(SC)ns4)c(Cl)c3)cc2Cl)n1. The Morgan fingerprint density at radius 2 is 1.21 bits per heavy atom. The van der Waals surface area contributed by atoms with Crippen LogP contribution in [-0.4, -0.2) is 54.5 Å². The number of nitrogens with zero attached hydrogens (tertiary/aromatic N) is 4. The second-order valence-electron chi connectivity index (χ2n) is 7.57. The number of anilines is 2. The number of amides is 2. The van der Waals surface area contributed by atoms with Crippen molar-refractivity contribution in [3.8, 4) is 0 Å². The summed E-state index contributed by atoms with van der Waals surface area (Å²) < 4.78 is 9.87. The molecule has 0 saturated heterocycles. The van der Waals surface area contributed by atoms with E-state index in [-0.39, 0.29) is 23.3 Å². The number of thioether (sulfide) groups is 4. The molecule has 0 saturated carbocycles. The van der Waals surface area contributed by atoms with Gasteiger partial charge in [0, 0.05) is 0 Å². The van der Waals surface area contributed by atoms with Gasteiger partial charge in [-0.3, -0.25) is 9.59 Å². The van der Waals surface area contributed by atoms with Crippen LogP contribution in [0.5, 0.6) is 0 Å². The zero-order chi connectivity index (χ0) is 27.8. The number of benzene rings is 2. The van der Waals surface area contributed by atoms with Crippen LogP contribution in [0.1, 0.15) is 11.1 Å². The number of carbonyl (C=O) groups is 2. The fourth-order valence-corrected chi connectivity index (χ4v) is 7.60. The highest BCUT2D eigenvalue weighted by Crippen LogP contribution is 2.29. The molecule has 0 atom stereocenters. The smallest absolute Gasteiger partial charge is 0.234 e. The fourth-order valence-electron chi connectivity index (χ4n) is 3.08. The molecule has 39 heavy (non-hydrogen) atoms. The van der Waals surface area contributed by atoms with Crippen LogP contribution in [0, 0.1) is 0 Å². The van der Waals surface area contributed by atoms with Gasteiger partial charge in [0.15, 0.2) is 8.68 Å². The first-order valence-electron chi connectivity index (χ1n) is 11.0. The first-order chi connectivity index (χ1) is 18.8. The van der Waals surface area contributed by atoms with Crippen molar-refractivity contribution < 1.29 is 9.59 Å². The number of nitrogens with one attached hydrogen (secondary N) is 2. The lowest BCUT2D eigenvalue weighted by atomic mass is 10.0. The fraction of sp³-hybridized carbons (Fsp3) is 0.217. The van der Waals surface area contributed by atoms with Crippen LogP contribution in [0.4, 0.5) is 11.4 Å². The predicted octanol–water partition coefficient (Wildman–Crippen LogP) is 7.19. The van der Waals surface area contributed by atoms with E-state index in [1.165, 1.54) is 70.1 Å². The lowest BCUT2D eigenvalue weighted by molar-refractivity contribution is -0.114. The van der Waals surface area contributed by atoms with Crippen molar-refractivity contribution in [2.24, 2.45) is 0 Å². The molecule has 0 aliphatic carbocycles. The highest BCUT2D eigenvalue weighted by atomic mass is 35.5. The van der Waals surface area contributed by atoms with Crippen molar-refractivity contribution in [1.29, 1.82) is 0 Å². The molecule has 204 valence electrons. The average molecular weight is 676 g/mol. The molecule has 2 aromatic heterocycles. The van der Waals surface area contributed by atoms with E-state index in [1.807, 2.05) is 36.8 Å². The minimum absolute atomic E-state index is 0.175. The number of hydrogen-bond donors (Lipinski definition) is 2. The van der Waals surface area contributed by atoms with Gasteiger partial charge in [-0.15, -0.1) is 0 Å². The summed E-state index contributed by atoms with van der Waals surface area (Å²) in [6.45, 7) is 0. The molecule has 0 unspecified atom stereocenters. The molecule has 0 spiro atoms. The molecule has 0 aliphatic heterocycles. The second-order valence-corrected chi connectivity index (χ2v) is 13.9. The molecule has 0 aliphatic rings. The van der Waals surface area contributed by atoms with E-state index in [0.29, 0.717) is 38.2 Å². The van der Waals surface area contributed by atoms with Crippen LogP contribution in [0.25, 0.3) is 0 Å². The van der Waals surface area contributed by atoms with Crippen molar-refractivity contribution in [3.05, 3.63) is 57.6 Å². The minimum Gasteiger partial charge on any atom is -0.324 e. The summed E-state index contributed by atoms with van der Waals surface area (Å²) in [5.74, 6) is 0.0719. The van der Waals surface area contributed by atoms with Gasteiger partial charge in [-0.25, -0.2) is 9.97 Å². The topological polar surface area (TPSA) is 110 Å². The van der Waals surface area contributed by atoms with Crippen molar-refractivity contribution in [3.63, 3.8) is 0 Å². The number of carbonyl (C=O) groups excluding carboxylic acids is 2. The van der Waals surface area contributed by atoms with E-state index < -0.39 is 0 Å². The highest BCUT2D eigenvalue weighted by molar-refractivity contribution is 8.02. The Hall–Kier alpha value is -1.52. The van der Waals surface area contributed by atoms with Gasteiger partial charge in [0.05, 0.1) is 32.9 Å². The summed E-state index contributed by atoms with van der Waals surface area (Å²) in [6, 6.07) is 11.0. The van der Waals surface area contributed by atoms with Crippen LogP contribution in [0.2, 0.25) is 10.0 Å². The Bertz CT molecular complexity index is 1360. The summed E-state index contributed by atoms with van der Waals surface area (Å²) in [6.07, 6.45) is 4.39. The summed E-state index contributed by atoms with van der Waals surface area (Å²) in [7, 11) is 0. The largest absolute Gasteiger partial charge is 0.324 e. The molecule has 0 radical (unpaired) electrons. The first kappa shape index (κ1) is 30.4. The van der Waals surface area contributed by atoms with Crippen LogP contribution < -0.4 is 10.6 Å². The van der Waals surface area contributed by atoms with Gasteiger partial charge in [-0.05, 0) is 77.4 Å². The van der Waals surface area contributed by atoms with Crippen molar-refractivity contribution in [1.82, 2.24) is 18.7 Å². The molecular weight excluding hydrogens is 656 g/mol. The normalized spacial score (nSPS) is 11.0. The average Bonchev–Trinajstić information content (AvgIpc) is 3.59. The van der Waals surface area contributed by atoms with Gasteiger partial charge in [0.2, 0.25) is 22.1 Å². The summed E-state index contributed by atoms with van der Waals surface area (Å²) in [4.78, 5) is 33.4. The molecule has 16 heteroatoms. The third-order valence-electron chi connectivity index (χ3n) is 4.82. The van der Waals surface area contributed by atoms with Crippen LogP contribution >= 0.6 is 93.3 Å². The molecule has 0 bridgehead atoms. The highest BCUT2D eigenvalue weighted by Gasteiger charge is 2.12. The molecule has 4 rings (SSSR count). The van der Waals surface area contributed by atoms with Crippen molar-refractivity contribution in [2.45, 2.75) is 25.4 Å². The lowest BCUT2D eigenvalue weighted by Gasteiger charge is -2.11. The Morgan fingerprint density at radius 3 is 1.56 bits per heavy atom. The second kappa shape index (κ2) is 14.9. The van der Waals surface area contributed by atoms with E-state index in [2.05, 4.69) is 29.3 Å². The summed E-state index contributed by atoms with van der Waals surface area (Å²) in [5, 5.41) is 7.97. The molecule has 2 aromatic carbocycles. The van der Waals surface area contributed by atoms with Gasteiger partial charge in [-0.1, -0.05) is 82.4 Å². The molecule has 2 N–H and O–H groups in total. The molecule has 0 fully saturated rings. The van der Waals surface area contributed by atoms with Gasteiger partial charge in [0.1, 0.15) is 0 Å². The van der Waals surface area contributed by atoms with Gasteiger partial charge >= 0.3 is 0 Å². The maximum atomic E-state index is 12.4. The van der Waals surface area contributed by atoms with E-state index in [0.717, 1.165) is 19.8 Å². The van der Waals surface area contributed by atoms with Crippen LogP contribution in [-0.2, 0) is 16.0 Å². The maximum Gasteiger partial charge on any atom is 0.234 e. The molecular formula is C23H20Cl2N6O2S6. The van der Waals surface area contributed by atoms with E-state index >= 15 is 0 Å². The van der Waals surface area contributed by atoms with Crippen molar-refractivity contribution >= 4 is 117 Å². The number of hydrogen-bond acceptors (Lipinski definition) is 12. The Morgan fingerprint density at radius 1 is 0.769 bits per heavy atom. The van der Waals surface area contributed by atoms with E-state index in [1.54, 1.807) is 12.1 Å². The number of rotatable bonds is 12. The van der Waals surface area contributed by atoms with Gasteiger partial charge in [0.25, 0.3) is 0 Å². The third-order valence-corrected chi connectivity index (χ3v) is 10.4. The minimum atomic E-state index is -0.175. The van der Waals surface area contributed by atoms with Gasteiger partial charge in [-0.2, -0.15) is 8.75 Å². The first-order valence-corrected chi connectivity index (χ1v) is 17.7. The number of halogens is 2.